The smallest absolute Gasteiger partial charge is 0.244 e. The van der Waals surface area contributed by atoms with Crippen LogP contribution in [-0.4, -0.2) is 25.2 Å². The van der Waals surface area contributed by atoms with Gasteiger partial charge in [-0.25, -0.2) is 8.42 Å². The summed E-state index contributed by atoms with van der Waals surface area (Å²) in [5.74, 6) is -1.43. The summed E-state index contributed by atoms with van der Waals surface area (Å²) in [7, 11) is -3.97. The first kappa shape index (κ1) is 19.1. The second kappa shape index (κ2) is 7.37. The molecule has 134 valence electrons. The van der Waals surface area contributed by atoms with E-state index in [0.29, 0.717) is 11.1 Å². The Balaban J connectivity index is 2.49. The van der Waals surface area contributed by atoms with Crippen LogP contribution >= 0.6 is 0 Å². The van der Waals surface area contributed by atoms with Crippen molar-refractivity contribution in [1.29, 1.82) is 0 Å². The largest absolute Gasteiger partial charge is 0.549 e. The van der Waals surface area contributed by atoms with Gasteiger partial charge in [-0.15, -0.1) is 0 Å². The van der Waals surface area contributed by atoms with Crippen LogP contribution in [0.5, 0.6) is 0 Å². The van der Waals surface area contributed by atoms with E-state index in [1.54, 1.807) is 38.1 Å². The Kier molecular flexibility index (Phi) is 5.65. The zero-order valence-electron chi connectivity index (χ0n) is 14.9. The van der Waals surface area contributed by atoms with E-state index in [4.69, 9.17) is 0 Å². The van der Waals surface area contributed by atoms with Crippen molar-refractivity contribution in [3.63, 3.8) is 0 Å². The maximum Gasteiger partial charge on any atom is 0.244 e. The minimum absolute atomic E-state index is 0.0245. The lowest BCUT2D eigenvalue weighted by Gasteiger charge is -2.25. The molecule has 0 aromatic heterocycles. The average Bonchev–Trinajstić information content (AvgIpc) is 2.47. The van der Waals surface area contributed by atoms with E-state index < -0.39 is 22.5 Å². The van der Waals surface area contributed by atoms with Gasteiger partial charge >= 0.3 is 0 Å². The summed E-state index contributed by atoms with van der Waals surface area (Å²) in [6, 6.07) is 10.9. The number of rotatable bonds is 6. The zero-order valence-corrected chi connectivity index (χ0v) is 15.7. The normalized spacial score (nSPS) is 11.7. The van der Waals surface area contributed by atoms with Crippen LogP contribution in [0.3, 0.4) is 0 Å². The number of carbonyl (C=O) groups is 1. The molecular formula is C19H22NO4S-. The van der Waals surface area contributed by atoms with Crippen LogP contribution < -0.4 is 5.11 Å². The Labute approximate surface area is 149 Å². The van der Waals surface area contributed by atoms with E-state index >= 15 is 0 Å². The van der Waals surface area contributed by atoms with Crippen molar-refractivity contribution in [3.05, 3.63) is 64.2 Å². The van der Waals surface area contributed by atoms with E-state index in [-0.39, 0.29) is 11.4 Å². The van der Waals surface area contributed by atoms with E-state index in [9.17, 15) is 18.3 Å². The highest BCUT2D eigenvalue weighted by Gasteiger charge is 2.28. The molecule has 6 heteroatoms. The predicted molar refractivity (Wildman–Crippen MR) is 94.4 cm³/mol. The molecule has 0 spiro atoms. The summed E-state index contributed by atoms with van der Waals surface area (Å²) < 4.78 is 27.2. The third kappa shape index (κ3) is 4.46. The number of carboxylic acid groups (broad SMARTS) is 1. The Morgan fingerprint density at radius 3 is 1.96 bits per heavy atom. The average molecular weight is 360 g/mol. The monoisotopic (exact) mass is 360 g/mol. The van der Waals surface area contributed by atoms with Gasteiger partial charge in [0.25, 0.3) is 0 Å². The first-order valence-corrected chi connectivity index (χ1v) is 9.38. The third-order valence-corrected chi connectivity index (χ3v) is 6.09. The van der Waals surface area contributed by atoms with Gasteiger partial charge in [-0.1, -0.05) is 47.5 Å². The van der Waals surface area contributed by atoms with Crippen LogP contribution in [0.15, 0.2) is 41.3 Å². The third-order valence-electron chi connectivity index (χ3n) is 3.99. The molecule has 0 radical (unpaired) electrons. The second-order valence-corrected chi connectivity index (χ2v) is 8.23. The Bertz CT molecular complexity index is 863. The number of carboxylic acids is 1. The van der Waals surface area contributed by atoms with Crippen LogP contribution in [0.4, 0.5) is 0 Å². The fourth-order valence-corrected chi connectivity index (χ4v) is 4.75. The number of hydrogen-bond acceptors (Lipinski definition) is 4. The van der Waals surface area contributed by atoms with Crippen molar-refractivity contribution in [2.24, 2.45) is 0 Å². The van der Waals surface area contributed by atoms with Crippen LogP contribution in [0.2, 0.25) is 0 Å². The topological polar surface area (TPSA) is 77.5 Å². The molecule has 0 aliphatic heterocycles. The first-order valence-electron chi connectivity index (χ1n) is 7.94. The van der Waals surface area contributed by atoms with Gasteiger partial charge in [0, 0.05) is 6.54 Å². The van der Waals surface area contributed by atoms with Gasteiger partial charge in [-0.2, -0.15) is 4.31 Å². The number of benzene rings is 2. The SMILES string of the molecule is Cc1ccc(CN(CC(=O)[O-])S(=O)(=O)c2c(C)cc(C)cc2C)cc1. The molecule has 0 heterocycles. The lowest BCUT2D eigenvalue weighted by atomic mass is 10.1. The summed E-state index contributed by atoms with van der Waals surface area (Å²) in [4.78, 5) is 11.3. The van der Waals surface area contributed by atoms with Gasteiger partial charge in [-0.3, -0.25) is 0 Å². The minimum atomic E-state index is -3.97. The predicted octanol–water partition coefficient (Wildman–Crippen LogP) is 1.86. The highest BCUT2D eigenvalue weighted by atomic mass is 32.2. The molecule has 0 unspecified atom stereocenters. The first-order chi connectivity index (χ1) is 11.6. The van der Waals surface area contributed by atoms with Crippen LogP contribution in [-0.2, 0) is 21.4 Å². The van der Waals surface area contributed by atoms with Gasteiger partial charge in [0.05, 0.1) is 17.4 Å². The fraction of sp³-hybridized carbons (Fsp3) is 0.316. The summed E-state index contributed by atoms with van der Waals surface area (Å²) in [5.41, 5.74) is 3.93. The Hall–Kier alpha value is -2.18. The molecule has 0 amide bonds. The number of nitrogens with zero attached hydrogens (tertiary/aromatic N) is 1. The Morgan fingerprint density at radius 2 is 1.48 bits per heavy atom. The second-order valence-electron chi connectivity index (χ2n) is 6.36. The molecule has 5 nitrogen and oxygen atoms in total. The lowest BCUT2D eigenvalue weighted by molar-refractivity contribution is -0.305. The molecule has 0 fully saturated rings. The quantitative estimate of drug-likeness (QED) is 0.788. The maximum atomic E-state index is 13.1. The molecular weight excluding hydrogens is 338 g/mol. The summed E-state index contributed by atoms with van der Waals surface area (Å²) in [5, 5.41) is 11.1. The maximum absolute atomic E-state index is 13.1. The molecule has 0 aliphatic rings. The van der Waals surface area contributed by atoms with Crippen molar-refractivity contribution >= 4 is 16.0 Å². The number of sulfonamides is 1. The van der Waals surface area contributed by atoms with Crippen molar-refractivity contribution in [1.82, 2.24) is 4.31 Å². The summed E-state index contributed by atoms with van der Waals surface area (Å²) in [6.07, 6.45) is 0. The standard InChI is InChI=1S/C19H23NO4S/c1-13-5-7-17(8-6-13)11-20(12-18(21)22)25(23,24)19-15(3)9-14(2)10-16(19)4/h5-10H,11-12H2,1-4H3,(H,21,22)/p-1. The summed E-state index contributed by atoms with van der Waals surface area (Å²) in [6.45, 7) is 6.54. The molecule has 2 rings (SSSR count). The van der Waals surface area contributed by atoms with Crippen LogP contribution in [0.25, 0.3) is 0 Å². The van der Waals surface area contributed by atoms with Gasteiger partial charge in [0.2, 0.25) is 10.0 Å². The highest BCUT2D eigenvalue weighted by Crippen LogP contribution is 2.26. The van der Waals surface area contributed by atoms with Gasteiger partial charge < -0.3 is 9.90 Å². The van der Waals surface area contributed by atoms with Crippen molar-refractivity contribution in [2.75, 3.05) is 6.54 Å². The Morgan fingerprint density at radius 1 is 0.960 bits per heavy atom. The van der Waals surface area contributed by atoms with Crippen molar-refractivity contribution in [2.45, 2.75) is 39.1 Å². The molecule has 0 saturated heterocycles. The number of aryl methyl sites for hydroxylation is 4. The van der Waals surface area contributed by atoms with E-state index in [1.807, 2.05) is 26.0 Å². The van der Waals surface area contributed by atoms with E-state index in [0.717, 1.165) is 21.0 Å². The number of aliphatic carboxylic acids is 1. The lowest BCUT2D eigenvalue weighted by Crippen LogP contribution is -2.41. The molecule has 25 heavy (non-hydrogen) atoms. The zero-order chi connectivity index (χ0) is 18.8. The number of carbonyl (C=O) groups excluding carboxylic acids is 1. The van der Waals surface area contributed by atoms with Gasteiger partial charge in [-0.05, 0) is 44.4 Å². The van der Waals surface area contributed by atoms with E-state index in [2.05, 4.69) is 0 Å². The molecule has 2 aromatic carbocycles. The van der Waals surface area contributed by atoms with Gasteiger partial charge in [0.1, 0.15) is 0 Å². The van der Waals surface area contributed by atoms with Crippen molar-refractivity contribution < 1.29 is 18.3 Å². The molecule has 0 bridgehead atoms. The molecule has 0 N–H and O–H groups in total. The number of hydrogen-bond donors (Lipinski definition) is 0. The fourth-order valence-electron chi connectivity index (χ4n) is 2.97. The molecule has 0 atom stereocenters. The minimum Gasteiger partial charge on any atom is -0.549 e. The van der Waals surface area contributed by atoms with Crippen LogP contribution in [0, 0.1) is 27.7 Å². The molecule has 0 saturated carbocycles. The van der Waals surface area contributed by atoms with Crippen LogP contribution in [0.1, 0.15) is 27.8 Å². The van der Waals surface area contributed by atoms with Crippen molar-refractivity contribution in [3.8, 4) is 0 Å². The van der Waals surface area contributed by atoms with Gasteiger partial charge in [0.15, 0.2) is 0 Å². The van der Waals surface area contributed by atoms with E-state index in [1.165, 1.54) is 0 Å². The highest BCUT2D eigenvalue weighted by molar-refractivity contribution is 7.89. The summed E-state index contributed by atoms with van der Waals surface area (Å²) >= 11 is 0. The molecule has 2 aromatic rings. The molecule has 0 aliphatic carbocycles.